The first-order valence-corrected chi connectivity index (χ1v) is 12.0. The Balaban J connectivity index is 1.64. The summed E-state index contributed by atoms with van der Waals surface area (Å²) in [6, 6.07) is 16.9. The number of H-pyrrole nitrogens is 1. The van der Waals surface area contributed by atoms with E-state index in [0.717, 1.165) is 11.1 Å². The first-order valence-electron chi connectivity index (χ1n) is 12.0. The van der Waals surface area contributed by atoms with E-state index in [1.54, 1.807) is 61.5 Å². The lowest BCUT2D eigenvalue weighted by Crippen LogP contribution is -2.37. The van der Waals surface area contributed by atoms with Gasteiger partial charge in [0.15, 0.2) is 11.6 Å². The van der Waals surface area contributed by atoms with Crippen LogP contribution in [-0.4, -0.2) is 26.9 Å². The maximum atomic E-state index is 13.7. The van der Waals surface area contributed by atoms with Gasteiger partial charge in [-0.2, -0.15) is 0 Å². The minimum Gasteiger partial charge on any atom is -0.289 e. The molecule has 0 saturated heterocycles. The Morgan fingerprint density at radius 2 is 1.38 bits per heavy atom. The standard InChI is InChI=1S/C30H24N2O5/c1-4-20-25(26(33)19-12-16(2)11-17(3)13-19)32(30(37)31-29(20)36)15-18-9-10-23-24(14-18)28(35)22-8-6-5-7-21(22)27(23)34/h5-14H,4,15H2,1-3H3,(H,31,36,37). The highest BCUT2D eigenvalue weighted by Gasteiger charge is 2.30. The summed E-state index contributed by atoms with van der Waals surface area (Å²) in [5, 5.41) is 0. The third-order valence-electron chi connectivity index (χ3n) is 6.68. The molecule has 1 aliphatic carbocycles. The molecule has 7 nitrogen and oxygen atoms in total. The number of benzene rings is 3. The maximum Gasteiger partial charge on any atom is 0.329 e. The molecule has 7 heteroatoms. The lowest BCUT2D eigenvalue weighted by Gasteiger charge is -2.19. The van der Waals surface area contributed by atoms with Crippen molar-refractivity contribution in [2.75, 3.05) is 0 Å². The van der Waals surface area contributed by atoms with Crippen molar-refractivity contribution in [3.63, 3.8) is 0 Å². The second-order valence-electron chi connectivity index (χ2n) is 9.32. The first-order chi connectivity index (χ1) is 17.7. The molecular weight excluding hydrogens is 468 g/mol. The van der Waals surface area contributed by atoms with E-state index in [1.165, 1.54) is 4.57 Å². The van der Waals surface area contributed by atoms with E-state index in [9.17, 15) is 24.0 Å². The minimum absolute atomic E-state index is 0.0201. The second-order valence-corrected chi connectivity index (χ2v) is 9.32. The van der Waals surface area contributed by atoms with Gasteiger partial charge in [-0.25, -0.2) is 4.79 Å². The van der Waals surface area contributed by atoms with Crippen molar-refractivity contribution in [3.8, 4) is 0 Å². The quantitative estimate of drug-likeness (QED) is 0.376. The molecule has 0 amide bonds. The molecule has 3 aromatic carbocycles. The molecule has 0 radical (unpaired) electrons. The van der Waals surface area contributed by atoms with Crippen LogP contribution in [0, 0.1) is 13.8 Å². The molecule has 1 aromatic heterocycles. The average Bonchev–Trinajstić information content (AvgIpc) is 2.87. The molecule has 5 rings (SSSR count). The number of ketones is 3. The number of nitrogens with zero attached hydrogens (tertiary/aromatic N) is 1. The Morgan fingerprint density at radius 3 is 2.00 bits per heavy atom. The number of aryl methyl sites for hydroxylation is 2. The monoisotopic (exact) mass is 492 g/mol. The third-order valence-corrected chi connectivity index (χ3v) is 6.68. The number of carbonyl (C=O) groups excluding carboxylic acids is 3. The van der Waals surface area contributed by atoms with E-state index < -0.39 is 17.0 Å². The summed E-state index contributed by atoms with van der Waals surface area (Å²) >= 11 is 0. The van der Waals surface area contributed by atoms with Crippen molar-refractivity contribution >= 4 is 17.3 Å². The van der Waals surface area contributed by atoms with Gasteiger partial charge in [0.05, 0.1) is 6.54 Å². The second kappa shape index (κ2) is 9.09. The number of hydrogen-bond acceptors (Lipinski definition) is 5. The number of aromatic nitrogens is 2. The summed E-state index contributed by atoms with van der Waals surface area (Å²) in [4.78, 5) is 67.8. The Morgan fingerprint density at radius 1 is 0.784 bits per heavy atom. The van der Waals surface area contributed by atoms with Gasteiger partial charge in [-0.3, -0.25) is 28.7 Å². The Hall–Kier alpha value is -4.65. The minimum atomic E-state index is -0.722. The van der Waals surface area contributed by atoms with Crippen molar-refractivity contribution in [2.45, 2.75) is 33.7 Å². The first kappa shape index (κ1) is 24.1. The Bertz CT molecular complexity index is 1740. The highest BCUT2D eigenvalue weighted by atomic mass is 16.2. The summed E-state index contributed by atoms with van der Waals surface area (Å²) in [6.07, 6.45) is 0.245. The van der Waals surface area contributed by atoms with Crippen molar-refractivity contribution < 1.29 is 14.4 Å². The fourth-order valence-corrected chi connectivity index (χ4v) is 5.02. The van der Waals surface area contributed by atoms with E-state index >= 15 is 0 Å². The van der Waals surface area contributed by atoms with Crippen LogP contribution in [0.1, 0.15) is 77.1 Å². The molecule has 0 unspecified atom stereocenters. The summed E-state index contributed by atoms with van der Waals surface area (Å²) in [5.41, 5.74) is 2.85. The molecule has 1 aliphatic rings. The smallest absolute Gasteiger partial charge is 0.289 e. The number of hydrogen-bond donors (Lipinski definition) is 1. The molecule has 0 fully saturated rings. The zero-order valence-electron chi connectivity index (χ0n) is 20.7. The topological polar surface area (TPSA) is 106 Å². The molecule has 0 bridgehead atoms. The molecule has 37 heavy (non-hydrogen) atoms. The number of rotatable bonds is 5. The predicted molar refractivity (Wildman–Crippen MR) is 139 cm³/mol. The van der Waals surface area contributed by atoms with Crippen LogP contribution in [0.5, 0.6) is 0 Å². The average molecular weight is 493 g/mol. The summed E-state index contributed by atoms with van der Waals surface area (Å²) in [5.74, 6) is -0.941. The van der Waals surface area contributed by atoms with E-state index in [-0.39, 0.29) is 41.4 Å². The third kappa shape index (κ3) is 4.08. The van der Waals surface area contributed by atoms with Crippen LogP contribution in [0.2, 0.25) is 0 Å². The Kier molecular flexibility index (Phi) is 5.91. The molecule has 0 atom stereocenters. The van der Waals surface area contributed by atoms with Gasteiger partial charge < -0.3 is 0 Å². The predicted octanol–water partition coefficient (Wildman–Crippen LogP) is 3.77. The SMILES string of the molecule is CCc1c(C(=O)c2cc(C)cc(C)c2)n(Cc2ccc3c(c2)C(=O)c2ccccc2C3=O)c(=O)[nH]c1=O. The van der Waals surface area contributed by atoms with E-state index in [4.69, 9.17) is 0 Å². The molecule has 184 valence electrons. The van der Waals surface area contributed by atoms with E-state index in [0.29, 0.717) is 27.8 Å². The lowest BCUT2D eigenvalue weighted by atomic mass is 9.83. The summed E-state index contributed by atoms with van der Waals surface area (Å²) in [7, 11) is 0. The lowest BCUT2D eigenvalue weighted by molar-refractivity contribution is 0.0979. The normalized spacial score (nSPS) is 12.3. The van der Waals surface area contributed by atoms with Gasteiger partial charge in [-0.1, -0.05) is 54.4 Å². The van der Waals surface area contributed by atoms with Crippen LogP contribution in [0.15, 0.2) is 70.3 Å². The van der Waals surface area contributed by atoms with Gasteiger partial charge >= 0.3 is 5.69 Å². The van der Waals surface area contributed by atoms with E-state index in [1.807, 2.05) is 19.9 Å². The number of aromatic amines is 1. The molecule has 0 aliphatic heterocycles. The van der Waals surface area contributed by atoms with Crippen LogP contribution in [0.3, 0.4) is 0 Å². The molecule has 0 spiro atoms. The van der Waals surface area contributed by atoms with Crippen LogP contribution >= 0.6 is 0 Å². The van der Waals surface area contributed by atoms with Crippen molar-refractivity contribution in [2.24, 2.45) is 0 Å². The van der Waals surface area contributed by atoms with Crippen LogP contribution in [-0.2, 0) is 13.0 Å². The molecule has 1 heterocycles. The number of carbonyl (C=O) groups is 3. The molecule has 4 aromatic rings. The van der Waals surface area contributed by atoms with E-state index in [2.05, 4.69) is 4.98 Å². The van der Waals surface area contributed by atoms with Crippen molar-refractivity contribution in [3.05, 3.63) is 137 Å². The summed E-state index contributed by atoms with van der Waals surface area (Å²) in [6.45, 7) is 5.43. The highest BCUT2D eigenvalue weighted by Crippen LogP contribution is 2.28. The van der Waals surface area contributed by atoms with Gasteiger partial charge in [0.25, 0.3) is 5.56 Å². The zero-order chi connectivity index (χ0) is 26.4. The molecule has 1 N–H and O–H groups in total. The van der Waals surface area contributed by atoms with Gasteiger partial charge in [0.1, 0.15) is 5.69 Å². The molecule has 0 saturated carbocycles. The van der Waals surface area contributed by atoms with Gasteiger partial charge in [0.2, 0.25) is 5.78 Å². The highest BCUT2D eigenvalue weighted by molar-refractivity contribution is 6.28. The number of fused-ring (bicyclic) bond motifs is 2. The van der Waals surface area contributed by atoms with Gasteiger partial charge in [0, 0.05) is 33.4 Å². The number of nitrogens with one attached hydrogen (secondary N) is 1. The largest absolute Gasteiger partial charge is 0.329 e. The fourth-order valence-electron chi connectivity index (χ4n) is 5.02. The fraction of sp³-hybridized carbons (Fsp3) is 0.167. The van der Waals surface area contributed by atoms with Crippen molar-refractivity contribution in [1.82, 2.24) is 9.55 Å². The maximum absolute atomic E-state index is 13.7. The zero-order valence-corrected chi connectivity index (χ0v) is 20.7. The molecular formula is C30H24N2O5. The van der Waals surface area contributed by atoms with Crippen molar-refractivity contribution in [1.29, 1.82) is 0 Å². The van der Waals surface area contributed by atoms with Gasteiger partial charge in [-0.05, 0) is 50.1 Å². The van der Waals surface area contributed by atoms with Crippen LogP contribution in [0.4, 0.5) is 0 Å². The summed E-state index contributed by atoms with van der Waals surface area (Å²) < 4.78 is 1.24. The van der Waals surface area contributed by atoms with Crippen LogP contribution < -0.4 is 11.2 Å². The van der Waals surface area contributed by atoms with Gasteiger partial charge in [-0.15, -0.1) is 0 Å². The van der Waals surface area contributed by atoms with Crippen LogP contribution in [0.25, 0.3) is 0 Å². The Labute approximate surface area is 212 Å².